The van der Waals surface area contributed by atoms with Crippen molar-refractivity contribution in [1.82, 2.24) is 14.8 Å². The molecule has 0 saturated heterocycles. The maximum absolute atomic E-state index is 12.1. The van der Waals surface area contributed by atoms with Crippen molar-refractivity contribution in [2.75, 3.05) is 6.61 Å². The summed E-state index contributed by atoms with van der Waals surface area (Å²) in [5.41, 5.74) is 4.82. The topological polar surface area (TPSA) is 57.0 Å². The predicted molar refractivity (Wildman–Crippen MR) is 94.2 cm³/mol. The molecule has 3 aromatic rings. The highest BCUT2D eigenvalue weighted by molar-refractivity contribution is 7.13. The van der Waals surface area contributed by atoms with E-state index in [1.165, 1.54) is 16.9 Å². The Kier molecular flexibility index (Phi) is 4.76. The van der Waals surface area contributed by atoms with Crippen LogP contribution in [-0.2, 0) is 18.2 Å². The van der Waals surface area contributed by atoms with Gasteiger partial charge in [-0.3, -0.25) is 4.68 Å². The van der Waals surface area contributed by atoms with Gasteiger partial charge in [0.1, 0.15) is 5.01 Å². The van der Waals surface area contributed by atoms with Crippen molar-refractivity contribution < 1.29 is 9.53 Å². The Bertz CT molecular complexity index is 867. The molecule has 0 saturated carbocycles. The highest BCUT2D eigenvalue weighted by Crippen LogP contribution is 2.27. The molecule has 0 N–H and O–H groups in total. The fraction of sp³-hybridized carbons (Fsp3) is 0.278. The molecular weight excluding hydrogens is 322 g/mol. The first kappa shape index (κ1) is 16.4. The zero-order valence-corrected chi connectivity index (χ0v) is 14.8. The smallest absolute Gasteiger partial charge is 0.357 e. The standard InChI is InChI=1S/C18H19N3O2S/c1-12-4-5-15(13(2)8-12)17-20-16(11-24-17)18(22)23-7-6-14-9-19-21(3)10-14/h4-5,8-11H,6-7H2,1-3H3. The quantitative estimate of drug-likeness (QED) is 0.666. The first-order chi connectivity index (χ1) is 11.5. The number of thiazole rings is 1. The van der Waals surface area contributed by atoms with E-state index < -0.39 is 0 Å². The molecule has 0 aliphatic rings. The summed E-state index contributed by atoms with van der Waals surface area (Å²) >= 11 is 1.46. The maximum atomic E-state index is 12.1. The molecule has 0 aliphatic carbocycles. The Morgan fingerprint density at radius 1 is 1.33 bits per heavy atom. The minimum absolute atomic E-state index is 0.320. The number of esters is 1. The van der Waals surface area contributed by atoms with E-state index in [0.717, 1.165) is 21.7 Å². The highest BCUT2D eigenvalue weighted by atomic mass is 32.1. The summed E-state index contributed by atoms with van der Waals surface area (Å²) in [4.78, 5) is 16.6. The Hall–Kier alpha value is -2.47. The normalized spacial score (nSPS) is 10.8. The molecule has 2 heterocycles. The number of carbonyl (C=O) groups excluding carboxylic acids is 1. The van der Waals surface area contributed by atoms with Crippen LogP contribution in [0.25, 0.3) is 10.6 Å². The van der Waals surface area contributed by atoms with Gasteiger partial charge in [0.25, 0.3) is 0 Å². The Morgan fingerprint density at radius 3 is 2.88 bits per heavy atom. The summed E-state index contributed by atoms with van der Waals surface area (Å²) < 4.78 is 7.04. The van der Waals surface area contributed by atoms with Gasteiger partial charge in [0, 0.05) is 30.6 Å². The van der Waals surface area contributed by atoms with Gasteiger partial charge in [-0.1, -0.05) is 23.8 Å². The minimum atomic E-state index is -0.383. The van der Waals surface area contributed by atoms with Crippen molar-refractivity contribution in [3.05, 3.63) is 58.4 Å². The largest absolute Gasteiger partial charge is 0.461 e. The number of aromatic nitrogens is 3. The number of carbonyl (C=O) groups is 1. The van der Waals surface area contributed by atoms with Crippen LogP contribution in [0, 0.1) is 13.8 Å². The van der Waals surface area contributed by atoms with Crippen LogP contribution in [0.4, 0.5) is 0 Å². The summed E-state index contributed by atoms with van der Waals surface area (Å²) in [5.74, 6) is -0.383. The minimum Gasteiger partial charge on any atom is -0.461 e. The third kappa shape index (κ3) is 3.71. The molecule has 2 aromatic heterocycles. The number of benzene rings is 1. The van der Waals surface area contributed by atoms with Gasteiger partial charge in [-0.05, 0) is 25.0 Å². The van der Waals surface area contributed by atoms with E-state index in [9.17, 15) is 4.79 Å². The molecule has 5 nitrogen and oxygen atoms in total. The van der Waals surface area contributed by atoms with Crippen molar-refractivity contribution in [2.24, 2.45) is 7.05 Å². The molecule has 0 atom stereocenters. The number of nitrogens with zero attached hydrogens (tertiary/aromatic N) is 3. The van der Waals surface area contributed by atoms with Gasteiger partial charge in [0.15, 0.2) is 5.69 Å². The van der Waals surface area contributed by atoms with Crippen LogP contribution < -0.4 is 0 Å². The van der Waals surface area contributed by atoms with Gasteiger partial charge >= 0.3 is 5.97 Å². The van der Waals surface area contributed by atoms with Crippen molar-refractivity contribution in [1.29, 1.82) is 0 Å². The molecule has 0 amide bonds. The average molecular weight is 341 g/mol. The fourth-order valence-electron chi connectivity index (χ4n) is 2.48. The van der Waals surface area contributed by atoms with Gasteiger partial charge in [0.05, 0.1) is 12.8 Å². The molecule has 0 unspecified atom stereocenters. The molecule has 6 heteroatoms. The molecule has 0 spiro atoms. The van der Waals surface area contributed by atoms with E-state index in [-0.39, 0.29) is 5.97 Å². The number of ether oxygens (including phenoxy) is 1. The van der Waals surface area contributed by atoms with E-state index in [1.807, 2.05) is 19.3 Å². The molecular formula is C18H19N3O2S. The zero-order chi connectivity index (χ0) is 17.1. The molecule has 0 bridgehead atoms. The van der Waals surface area contributed by atoms with Gasteiger partial charge in [-0.15, -0.1) is 11.3 Å². The molecule has 1 aromatic carbocycles. The predicted octanol–water partition coefficient (Wildman–Crippen LogP) is 3.56. The molecule has 3 rings (SSSR count). The lowest BCUT2D eigenvalue weighted by atomic mass is 10.1. The van der Waals surface area contributed by atoms with Crippen LogP contribution in [0.1, 0.15) is 27.2 Å². The van der Waals surface area contributed by atoms with Gasteiger partial charge in [0.2, 0.25) is 0 Å². The number of aryl methyl sites for hydroxylation is 3. The molecule has 24 heavy (non-hydrogen) atoms. The van der Waals surface area contributed by atoms with Crippen molar-refractivity contribution >= 4 is 17.3 Å². The number of hydrogen-bond donors (Lipinski definition) is 0. The van der Waals surface area contributed by atoms with Crippen molar-refractivity contribution in [2.45, 2.75) is 20.3 Å². The summed E-state index contributed by atoms with van der Waals surface area (Å²) in [6.07, 6.45) is 4.33. The summed E-state index contributed by atoms with van der Waals surface area (Å²) in [6, 6.07) is 6.21. The third-order valence-corrected chi connectivity index (χ3v) is 4.58. The second-order valence-electron chi connectivity index (χ2n) is 5.76. The average Bonchev–Trinajstić information content (AvgIpc) is 3.16. The monoisotopic (exact) mass is 341 g/mol. The lowest BCUT2D eigenvalue weighted by molar-refractivity contribution is 0.0503. The first-order valence-corrected chi connectivity index (χ1v) is 8.58. The SMILES string of the molecule is Cc1ccc(-c2nc(C(=O)OCCc3cnn(C)c3)cs2)c(C)c1. The van der Waals surface area contributed by atoms with Gasteiger partial charge < -0.3 is 4.74 Å². The van der Waals surface area contributed by atoms with Crippen LogP contribution in [0.3, 0.4) is 0 Å². The lowest BCUT2D eigenvalue weighted by Gasteiger charge is -2.03. The van der Waals surface area contributed by atoms with Crippen molar-refractivity contribution in [3.8, 4) is 10.6 Å². The number of rotatable bonds is 5. The lowest BCUT2D eigenvalue weighted by Crippen LogP contribution is -2.08. The van der Waals surface area contributed by atoms with E-state index in [0.29, 0.717) is 18.7 Å². The second-order valence-corrected chi connectivity index (χ2v) is 6.62. The molecule has 0 fully saturated rings. The first-order valence-electron chi connectivity index (χ1n) is 7.71. The van der Waals surface area contributed by atoms with E-state index in [2.05, 4.69) is 36.1 Å². The van der Waals surface area contributed by atoms with E-state index in [1.54, 1.807) is 16.3 Å². The Morgan fingerprint density at radius 2 is 2.17 bits per heavy atom. The van der Waals surface area contributed by atoms with Crippen LogP contribution in [-0.4, -0.2) is 27.3 Å². The van der Waals surface area contributed by atoms with Gasteiger partial charge in [-0.2, -0.15) is 5.10 Å². The van der Waals surface area contributed by atoms with Gasteiger partial charge in [-0.25, -0.2) is 9.78 Å². The molecule has 124 valence electrons. The summed E-state index contributed by atoms with van der Waals surface area (Å²) in [5, 5.41) is 6.68. The fourth-order valence-corrected chi connectivity index (χ4v) is 3.36. The Balaban J connectivity index is 1.63. The van der Waals surface area contributed by atoms with Crippen molar-refractivity contribution in [3.63, 3.8) is 0 Å². The molecule has 0 radical (unpaired) electrons. The second kappa shape index (κ2) is 6.97. The van der Waals surface area contributed by atoms with Crippen LogP contribution in [0.5, 0.6) is 0 Å². The summed E-state index contributed by atoms with van der Waals surface area (Å²) in [6.45, 7) is 4.43. The van der Waals surface area contributed by atoms with E-state index in [4.69, 9.17) is 4.74 Å². The van der Waals surface area contributed by atoms with Crippen LogP contribution in [0.15, 0.2) is 36.0 Å². The van der Waals surface area contributed by atoms with E-state index >= 15 is 0 Å². The van der Waals surface area contributed by atoms with Crippen LogP contribution in [0.2, 0.25) is 0 Å². The highest BCUT2D eigenvalue weighted by Gasteiger charge is 2.14. The summed E-state index contributed by atoms with van der Waals surface area (Å²) in [7, 11) is 1.86. The Labute approximate surface area is 144 Å². The maximum Gasteiger partial charge on any atom is 0.357 e. The third-order valence-electron chi connectivity index (χ3n) is 3.71. The zero-order valence-electron chi connectivity index (χ0n) is 13.9. The number of hydrogen-bond acceptors (Lipinski definition) is 5. The van der Waals surface area contributed by atoms with Crippen LogP contribution >= 0.6 is 11.3 Å². The molecule has 0 aliphatic heterocycles.